The van der Waals surface area contributed by atoms with Crippen molar-refractivity contribution in [3.63, 3.8) is 0 Å². The summed E-state index contributed by atoms with van der Waals surface area (Å²) >= 11 is 0. The average molecular weight is 221 g/mol. The van der Waals surface area contributed by atoms with E-state index in [4.69, 9.17) is 5.73 Å². The van der Waals surface area contributed by atoms with Crippen LogP contribution in [-0.4, -0.2) is 11.1 Å². The highest BCUT2D eigenvalue weighted by Gasteiger charge is 2.37. The molecule has 0 saturated carbocycles. The number of benzene rings is 1. The highest BCUT2D eigenvalue weighted by Crippen LogP contribution is 2.34. The van der Waals surface area contributed by atoms with Crippen LogP contribution < -0.4 is 5.73 Å². The van der Waals surface area contributed by atoms with Crippen molar-refractivity contribution in [3.05, 3.63) is 29.8 Å². The number of anilines is 1. The van der Waals surface area contributed by atoms with Crippen LogP contribution >= 0.6 is 0 Å². The third kappa shape index (κ3) is 2.35. The lowest BCUT2D eigenvalue weighted by atomic mass is 9.75. The SMILES string of the molecule is CC(C)CC(C)(C(=O)O)c1ccccc1N. The summed E-state index contributed by atoms with van der Waals surface area (Å²) in [5.41, 5.74) is 6.21. The Morgan fingerprint density at radius 2 is 2.00 bits per heavy atom. The molecule has 1 atom stereocenters. The minimum Gasteiger partial charge on any atom is -0.481 e. The van der Waals surface area contributed by atoms with E-state index in [0.717, 1.165) is 0 Å². The Balaban J connectivity index is 3.22. The van der Waals surface area contributed by atoms with Crippen molar-refractivity contribution in [2.75, 3.05) is 5.73 Å². The number of hydrogen-bond donors (Lipinski definition) is 2. The number of rotatable bonds is 4. The molecule has 1 aromatic carbocycles. The summed E-state index contributed by atoms with van der Waals surface area (Å²) in [6.45, 7) is 5.77. The van der Waals surface area contributed by atoms with E-state index in [9.17, 15) is 9.90 Å². The number of aliphatic carboxylic acids is 1. The summed E-state index contributed by atoms with van der Waals surface area (Å²) in [6.07, 6.45) is 0.580. The molecule has 88 valence electrons. The van der Waals surface area contributed by atoms with Crippen molar-refractivity contribution in [2.45, 2.75) is 32.6 Å². The van der Waals surface area contributed by atoms with Crippen LogP contribution in [0.15, 0.2) is 24.3 Å². The van der Waals surface area contributed by atoms with Crippen molar-refractivity contribution in [1.29, 1.82) is 0 Å². The fourth-order valence-corrected chi connectivity index (χ4v) is 2.13. The van der Waals surface area contributed by atoms with Crippen LogP contribution in [0.4, 0.5) is 5.69 Å². The monoisotopic (exact) mass is 221 g/mol. The second-order valence-electron chi connectivity index (χ2n) is 4.82. The second kappa shape index (κ2) is 4.56. The maximum atomic E-state index is 11.5. The van der Waals surface area contributed by atoms with E-state index in [1.807, 2.05) is 26.0 Å². The summed E-state index contributed by atoms with van der Waals surface area (Å²) in [6, 6.07) is 7.19. The van der Waals surface area contributed by atoms with Crippen molar-refractivity contribution >= 4 is 11.7 Å². The molecule has 0 amide bonds. The number of carboxylic acids is 1. The van der Waals surface area contributed by atoms with Crippen LogP contribution in [0.1, 0.15) is 32.8 Å². The summed E-state index contributed by atoms with van der Waals surface area (Å²) in [4.78, 5) is 11.5. The molecule has 0 aliphatic carbocycles. The van der Waals surface area contributed by atoms with Gasteiger partial charge in [0.25, 0.3) is 0 Å². The molecule has 16 heavy (non-hydrogen) atoms. The molecular weight excluding hydrogens is 202 g/mol. The molecule has 1 aromatic rings. The Kier molecular flexibility index (Phi) is 3.58. The van der Waals surface area contributed by atoms with Crippen molar-refractivity contribution in [3.8, 4) is 0 Å². The van der Waals surface area contributed by atoms with Gasteiger partial charge in [-0.1, -0.05) is 32.0 Å². The van der Waals surface area contributed by atoms with Gasteiger partial charge in [-0.15, -0.1) is 0 Å². The van der Waals surface area contributed by atoms with Gasteiger partial charge >= 0.3 is 5.97 Å². The summed E-state index contributed by atoms with van der Waals surface area (Å²) in [5, 5.41) is 9.40. The van der Waals surface area contributed by atoms with E-state index in [0.29, 0.717) is 23.6 Å². The Morgan fingerprint density at radius 3 is 2.44 bits per heavy atom. The first kappa shape index (κ1) is 12.6. The van der Waals surface area contributed by atoms with Crippen molar-refractivity contribution in [1.82, 2.24) is 0 Å². The van der Waals surface area contributed by atoms with E-state index in [2.05, 4.69) is 0 Å². The quantitative estimate of drug-likeness (QED) is 0.768. The van der Waals surface area contributed by atoms with Gasteiger partial charge < -0.3 is 10.8 Å². The lowest BCUT2D eigenvalue weighted by Gasteiger charge is -2.28. The smallest absolute Gasteiger partial charge is 0.313 e. The fraction of sp³-hybridized carbons (Fsp3) is 0.462. The molecule has 3 nitrogen and oxygen atoms in total. The van der Waals surface area contributed by atoms with Gasteiger partial charge in [-0.25, -0.2) is 0 Å². The van der Waals surface area contributed by atoms with Crippen LogP contribution in [0.5, 0.6) is 0 Å². The molecule has 0 aliphatic rings. The maximum Gasteiger partial charge on any atom is 0.313 e. The zero-order chi connectivity index (χ0) is 12.3. The molecule has 0 bridgehead atoms. The highest BCUT2D eigenvalue weighted by molar-refractivity contribution is 5.83. The topological polar surface area (TPSA) is 63.3 Å². The zero-order valence-electron chi connectivity index (χ0n) is 10.0. The van der Waals surface area contributed by atoms with E-state index >= 15 is 0 Å². The molecule has 0 fully saturated rings. The van der Waals surface area contributed by atoms with Gasteiger partial charge in [-0.3, -0.25) is 4.79 Å². The fourth-order valence-electron chi connectivity index (χ4n) is 2.13. The third-order valence-electron chi connectivity index (χ3n) is 2.84. The summed E-state index contributed by atoms with van der Waals surface area (Å²) in [5.74, 6) is -0.514. The van der Waals surface area contributed by atoms with Gasteiger partial charge in [0.05, 0.1) is 5.41 Å². The maximum absolute atomic E-state index is 11.5. The lowest BCUT2D eigenvalue weighted by molar-refractivity contribution is -0.143. The van der Waals surface area contributed by atoms with Gasteiger partial charge in [0.15, 0.2) is 0 Å². The predicted octanol–water partition coefficient (Wildman–Crippen LogP) is 2.66. The first-order valence-corrected chi connectivity index (χ1v) is 5.46. The van der Waals surface area contributed by atoms with Crippen LogP contribution in [0.2, 0.25) is 0 Å². The standard InChI is InChI=1S/C13H19NO2/c1-9(2)8-13(3,12(15)16)10-6-4-5-7-11(10)14/h4-7,9H,8,14H2,1-3H3,(H,15,16). The zero-order valence-corrected chi connectivity index (χ0v) is 10.0. The molecule has 0 saturated heterocycles. The molecule has 0 heterocycles. The molecule has 0 spiro atoms. The van der Waals surface area contributed by atoms with Gasteiger partial charge in [0, 0.05) is 5.69 Å². The van der Waals surface area contributed by atoms with E-state index in [1.165, 1.54) is 0 Å². The number of nitrogen functional groups attached to an aromatic ring is 1. The Bertz CT molecular complexity index is 387. The number of hydrogen-bond acceptors (Lipinski definition) is 2. The lowest BCUT2D eigenvalue weighted by Crippen LogP contribution is -2.34. The van der Waals surface area contributed by atoms with Crippen LogP contribution in [0, 0.1) is 5.92 Å². The molecule has 1 unspecified atom stereocenters. The number of carbonyl (C=O) groups is 1. The normalized spacial score (nSPS) is 14.8. The Morgan fingerprint density at radius 1 is 1.44 bits per heavy atom. The summed E-state index contributed by atoms with van der Waals surface area (Å²) < 4.78 is 0. The molecule has 3 N–H and O–H groups in total. The van der Waals surface area contributed by atoms with Crippen molar-refractivity contribution < 1.29 is 9.90 Å². The Hall–Kier alpha value is -1.51. The molecule has 0 aromatic heterocycles. The van der Waals surface area contributed by atoms with Gasteiger partial charge in [-0.05, 0) is 30.9 Å². The van der Waals surface area contributed by atoms with Gasteiger partial charge in [0.1, 0.15) is 0 Å². The van der Waals surface area contributed by atoms with Crippen LogP contribution in [0.3, 0.4) is 0 Å². The second-order valence-corrected chi connectivity index (χ2v) is 4.82. The first-order chi connectivity index (χ1) is 7.38. The molecule has 1 rings (SSSR count). The largest absolute Gasteiger partial charge is 0.481 e. The van der Waals surface area contributed by atoms with E-state index < -0.39 is 11.4 Å². The predicted molar refractivity (Wildman–Crippen MR) is 65.3 cm³/mol. The molecule has 3 heteroatoms. The van der Waals surface area contributed by atoms with Crippen LogP contribution in [-0.2, 0) is 10.2 Å². The summed E-state index contributed by atoms with van der Waals surface area (Å²) in [7, 11) is 0. The first-order valence-electron chi connectivity index (χ1n) is 5.46. The third-order valence-corrected chi connectivity index (χ3v) is 2.84. The number of para-hydroxylation sites is 1. The Labute approximate surface area is 96.3 Å². The van der Waals surface area contributed by atoms with Crippen molar-refractivity contribution in [2.24, 2.45) is 5.92 Å². The minimum absolute atomic E-state index is 0.306. The molecular formula is C13H19NO2. The number of nitrogens with two attached hydrogens (primary N) is 1. The van der Waals surface area contributed by atoms with E-state index in [1.54, 1.807) is 19.1 Å². The minimum atomic E-state index is -0.903. The molecule has 0 aliphatic heterocycles. The average Bonchev–Trinajstić information content (AvgIpc) is 2.16. The molecule has 0 radical (unpaired) electrons. The van der Waals surface area contributed by atoms with Gasteiger partial charge in [0.2, 0.25) is 0 Å². The van der Waals surface area contributed by atoms with Gasteiger partial charge in [-0.2, -0.15) is 0 Å². The van der Waals surface area contributed by atoms with Crippen LogP contribution in [0.25, 0.3) is 0 Å². The highest BCUT2D eigenvalue weighted by atomic mass is 16.4. The number of carboxylic acid groups (broad SMARTS) is 1. The van der Waals surface area contributed by atoms with E-state index in [-0.39, 0.29) is 0 Å².